The summed E-state index contributed by atoms with van der Waals surface area (Å²) in [6.07, 6.45) is 3.87. The smallest absolute Gasteiger partial charge is 0.134 e. The van der Waals surface area contributed by atoms with Crippen LogP contribution in [0.4, 0.5) is 11.6 Å². The highest BCUT2D eigenvalue weighted by molar-refractivity contribution is 5.49. The van der Waals surface area contributed by atoms with E-state index in [-0.39, 0.29) is 0 Å². The Morgan fingerprint density at radius 3 is 2.58 bits per heavy atom. The lowest BCUT2D eigenvalue weighted by molar-refractivity contribution is 0.191. The lowest BCUT2D eigenvalue weighted by Gasteiger charge is -2.35. The normalized spacial score (nSPS) is 19.3. The molecular formula is C20H27N5O. The fourth-order valence-electron chi connectivity index (χ4n) is 3.44. The molecule has 2 fully saturated rings. The second-order valence-corrected chi connectivity index (χ2v) is 7.30. The molecule has 2 heterocycles. The summed E-state index contributed by atoms with van der Waals surface area (Å²) in [7, 11) is 0. The van der Waals surface area contributed by atoms with E-state index in [9.17, 15) is 5.11 Å². The van der Waals surface area contributed by atoms with Crippen molar-refractivity contribution in [3.8, 4) is 0 Å². The molecule has 2 aliphatic rings. The Morgan fingerprint density at radius 2 is 1.85 bits per heavy atom. The number of hydrogen-bond acceptors (Lipinski definition) is 6. The molecule has 2 aromatic rings. The van der Waals surface area contributed by atoms with Crippen molar-refractivity contribution in [3.63, 3.8) is 0 Å². The van der Waals surface area contributed by atoms with Crippen LogP contribution in [0, 0.1) is 5.92 Å². The molecule has 6 nitrogen and oxygen atoms in total. The number of benzene rings is 1. The molecule has 6 heteroatoms. The average molecular weight is 353 g/mol. The van der Waals surface area contributed by atoms with Gasteiger partial charge in [0.15, 0.2) is 0 Å². The SMILES string of the molecule is OC(CNc1cc(N2CCN(CC3CC3)CC2)ncn1)c1ccccc1. The number of aliphatic hydroxyl groups is 1. The van der Waals surface area contributed by atoms with Crippen LogP contribution in [0.3, 0.4) is 0 Å². The van der Waals surface area contributed by atoms with Crippen LogP contribution in [-0.4, -0.2) is 59.2 Å². The lowest BCUT2D eigenvalue weighted by Crippen LogP contribution is -2.47. The zero-order valence-electron chi connectivity index (χ0n) is 15.1. The molecule has 1 saturated carbocycles. The summed E-state index contributed by atoms with van der Waals surface area (Å²) in [5, 5.41) is 13.5. The van der Waals surface area contributed by atoms with Crippen molar-refractivity contribution in [2.45, 2.75) is 18.9 Å². The van der Waals surface area contributed by atoms with Gasteiger partial charge in [0.1, 0.15) is 18.0 Å². The van der Waals surface area contributed by atoms with Gasteiger partial charge in [-0.25, -0.2) is 9.97 Å². The Balaban J connectivity index is 1.30. The second-order valence-electron chi connectivity index (χ2n) is 7.30. The van der Waals surface area contributed by atoms with Crippen LogP contribution < -0.4 is 10.2 Å². The number of aromatic nitrogens is 2. The molecule has 26 heavy (non-hydrogen) atoms. The first-order valence-corrected chi connectivity index (χ1v) is 9.54. The Bertz CT molecular complexity index is 698. The number of nitrogens with one attached hydrogen (secondary N) is 1. The molecule has 1 aromatic carbocycles. The first-order chi connectivity index (χ1) is 12.8. The molecule has 2 N–H and O–H groups in total. The summed E-state index contributed by atoms with van der Waals surface area (Å²) >= 11 is 0. The van der Waals surface area contributed by atoms with Crippen molar-refractivity contribution in [1.82, 2.24) is 14.9 Å². The van der Waals surface area contributed by atoms with Gasteiger partial charge in [-0.15, -0.1) is 0 Å². The van der Waals surface area contributed by atoms with E-state index in [0.717, 1.165) is 49.3 Å². The molecule has 4 rings (SSSR count). The summed E-state index contributed by atoms with van der Waals surface area (Å²) < 4.78 is 0. The quantitative estimate of drug-likeness (QED) is 0.795. The average Bonchev–Trinajstić information content (AvgIpc) is 3.52. The molecule has 1 aromatic heterocycles. The van der Waals surface area contributed by atoms with E-state index < -0.39 is 6.10 Å². The second kappa shape index (κ2) is 8.01. The standard InChI is InChI=1S/C20H27N5O/c26-18(17-4-2-1-3-5-17)13-21-19-12-20(23-15-22-19)25-10-8-24(9-11-25)14-16-6-7-16/h1-5,12,15-16,18,26H,6-11,13-14H2,(H,21,22,23). The van der Waals surface area contributed by atoms with E-state index >= 15 is 0 Å². The van der Waals surface area contributed by atoms with Crippen LogP contribution in [0.25, 0.3) is 0 Å². The summed E-state index contributed by atoms with van der Waals surface area (Å²) in [4.78, 5) is 13.6. The predicted molar refractivity (Wildman–Crippen MR) is 103 cm³/mol. The molecule has 0 radical (unpaired) electrons. The highest BCUT2D eigenvalue weighted by Gasteiger charge is 2.26. The predicted octanol–water partition coefficient (Wildman–Crippen LogP) is 2.15. The number of piperazine rings is 1. The third-order valence-electron chi connectivity index (χ3n) is 5.22. The summed E-state index contributed by atoms with van der Waals surface area (Å²) in [5.41, 5.74) is 0.904. The van der Waals surface area contributed by atoms with E-state index in [4.69, 9.17) is 0 Å². The van der Waals surface area contributed by atoms with Gasteiger partial charge in [-0.05, 0) is 24.3 Å². The largest absolute Gasteiger partial charge is 0.387 e. The van der Waals surface area contributed by atoms with Gasteiger partial charge in [0.25, 0.3) is 0 Å². The Hall–Kier alpha value is -2.18. The molecule has 0 amide bonds. The Kier molecular flexibility index (Phi) is 5.32. The van der Waals surface area contributed by atoms with Crippen molar-refractivity contribution in [2.24, 2.45) is 5.92 Å². The van der Waals surface area contributed by atoms with Crippen LogP contribution in [0.5, 0.6) is 0 Å². The maximum atomic E-state index is 10.3. The number of hydrogen-bond donors (Lipinski definition) is 2. The van der Waals surface area contributed by atoms with Gasteiger partial charge in [0, 0.05) is 45.3 Å². The molecule has 1 unspecified atom stereocenters. The van der Waals surface area contributed by atoms with E-state index in [2.05, 4.69) is 25.1 Å². The Morgan fingerprint density at radius 1 is 1.08 bits per heavy atom. The fraction of sp³-hybridized carbons (Fsp3) is 0.500. The fourth-order valence-corrected chi connectivity index (χ4v) is 3.44. The number of anilines is 2. The third kappa shape index (κ3) is 4.51. The van der Waals surface area contributed by atoms with Crippen LogP contribution in [0.15, 0.2) is 42.7 Å². The minimum absolute atomic E-state index is 0.426. The molecule has 1 saturated heterocycles. The van der Waals surface area contributed by atoms with Crippen molar-refractivity contribution in [1.29, 1.82) is 0 Å². The van der Waals surface area contributed by atoms with Gasteiger partial charge in [-0.1, -0.05) is 30.3 Å². The zero-order chi connectivity index (χ0) is 17.8. The number of rotatable bonds is 7. The molecule has 1 aliphatic heterocycles. The van der Waals surface area contributed by atoms with Crippen molar-refractivity contribution < 1.29 is 5.11 Å². The zero-order valence-corrected chi connectivity index (χ0v) is 15.1. The van der Waals surface area contributed by atoms with Gasteiger partial charge >= 0.3 is 0 Å². The minimum Gasteiger partial charge on any atom is -0.387 e. The summed E-state index contributed by atoms with van der Waals surface area (Å²) in [6, 6.07) is 11.7. The summed E-state index contributed by atoms with van der Waals surface area (Å²) in [6.45, 7) is 5.93. The van der Waals surface area contributed by atoms with Gasteiger partial charge in [-0.3, -0.25) is 4.90 Å². The third-order valence-corrected chi connectivity index (χ3v) is 5.22. The van der Waals surface area contributed by atoms with Gasteiger partial charge in [0.05, 0.1) is 6.10 Å². The van der Waals surface area contributed by atoms with Crippen LogP contribution in [0.2, 0.25) is 0 Å². The van der Waals surface area contributed by atoms with Gasteiger partial charge in [0.2, 0.25) is 0 Å². The van der Waals surface area contributed by atoms with Crippen molar-refractivity contribution in [2.75, 3.05) is 49.5 Å². The first-order valence-electron chi connectivity index (χ1n) is 9.54. The monoisotopic (exact) mass is 353 g/mol. The van der Waals surface area contributed by atoms with E-state index in [1.165, 1.54) is 19.4 Å². The first kappa shape index (κ1) is 17.2. The summed E-state index contributed by atoms with van der Waals surface area (Å²) in [5.74, 6) is 2.67. The van der Waals surface area contributed by atoms with Crippen molar-refractivity contribution in [3.05, 3.63) is 48.3 Å². The minimum atomic E-state index is -0.555. The number of nitrogens with zero attached hydrogens (tertiary/aromatic N) is 4. The highest BCUT2D eigenvalue weighted by atomic mass is 16.3. The van der Waals surface area contributed by atoms with Crippen molar-refractivity contribution >= 4 is 11.6 Å². The molecule has 1 atom stereocenters. The molecular weight excluding hydrogens is 326 g/mol. The maximum absolute atomic E-state index is 10.3. The van der Waals surface area contributed by atoms with Crippen LogP contribution in [0.1, 0.15) is 24.5 Å². The van der Waals surface area contributed by atoms with Gasteiger partial charge in [-0.2, -0.15) is 0 Å². The van der Waals surface area contributed by atoms with Crippen LogP contribution >= 0.6 is 0 Å². The van der Waals surface area contributed by atoms with E-state index in [0.29, 0.717) is 6.54 Å². The number of aliphatic hydroxyl groups excluding tert-OH is 1. The van der Waals surface area contributed by atoms with E-state index in [1.54, 1.807) is 6.33 Å². The van der Waals surface area contributed by atoms with E-state index in [1.807, 2.05) is 36.4 Å². The molecule has 0 bridgehead atoms. The highest BCUT2D eigenvalue weighted by Crippen LogP contribution is 2.30. The molecule has 1 aliphatic carbocycles. The molecule has 0 spiro atoms. The lowest BCUT2D eigenvalue weighted by atomic mass is 10.1. The molecule has 138 valence electrons. The maximum Gasteiger partial charge on any atom is 0.134 e. The topological polar surface area (TPSA) is 64.5 Å². The van der Waals surface area contributed by atoms with Gasteiger partial charge < -0.3 is 15.3 Å². The van der Waals surface area contributed by atoms with Crippen LogP contribution in [-0.2, 0) is 0 Å². The Labute approximate surface area is 154 Å².